The lowest BCUT2D eigenvalue weighted by molar-refractivity contribution is -0.150. The largest absolute Gasteiger partial charge is 0.481 e. The molecule has 1 aliphatic rings. The van der Waals surface area contributed by atoms with Crippen LogP contribution in [0.3, 0.4) is 0 Å². The van der Waals surface area contributed by atoms with E-state index in [4.69, 9.17) is 4.42 Å². The van der Waals surface area contributed by atoms with E-state index in [1.54, 1.807) is 0 Å². The highest BCUT2D eigenvalue weighted by atomic mass is 19.4. The Morgan fingerprint density at radius 3 is 2.49 bits per heavy atom. The van der Waals surface area contributed by atoms with E-state index < -0.39 is 53.9 Å². The van der Waals surface area contributed by atoms with E-state index in [-0.39, 0.29) is 22.4 Å². The second kappa shape index (κ2) is 8.29. The van der Waals surface area contributed by atoms with Crippen LogP contribution < -0.4 is 10.7 Å². The highest BCUT2D eigenvalue weighted by Crippen LogP contribution is 2.37. The smallest absolute Gasteiger partial charge is 0.419 e. The molecule has 12 heteroatoms. The zero-order chi connectivity index (χ0) is 25.8. The summed E-state index contributed by atoms with van der Waals surface area (Å²) in [6.45, 7) is 2.09. The minimum absolute atomic E-state index is 0.0528. The van der Waals surface area contributed by atoms with Crippen LogP contribution in [-0.4, -0.2) is 39.0 Å². The molecule has 2 atom stereocenters. The SMILES string of the molecule is Cc1c([C@@H](C)N2C(=O)C(C(=O)O)CN(c3ccc4c(c3)oc(=O)n4C)C2=O)cccc1C(F)(F)F. The number of carbonyl (C=O) groups is 3. The standard InChI is InChI=1S/C23H20F3N3O6/c1-11-14(5-4-6-16(11)23(24,25)26)12(2)29-19(30)15(20(31)32)10-28(21(29)33)13-7-8-17-18(9-13)35-22(34)27(17)3/h4-9,12,15H,10H2,1-3H3,(H,31,32)/t12-,15?/m1/s1. The summed E-state index contributed by atoms with van der Waals surface area (Å²) in [5.41, 5.74) is -0.316. The summed E-state index contributed by atoms with van der Waals surface area (Å²) in [6, 6.07) is 5.63. The number of oxazole rings is 1. The maximum atomic E-state index is 13.4. The van der Waals surface area contributed by atoms with E-state index in [2.05, 4.69) is 0 Å². The average molecular weight is 491 g/mol. The minimum atomic E-state index is -4.65. The maximum Gasteiger partial charge on any atom is 0.419 e. The second-order valence-electron chi connectivity index (χ2n) is 8.26. The zero-order valence-corrected chi connectivity index (χ0v) is 18.8. The number of aromatic nitrogens is 1. The first kappa shape index (κ1) is 24.0. The molecule has 3 aromatic rings. The van der Waals surface area contributed by atoms with Gasteiger partial charge in [-0.3, -0.25) is 24.0 Å². The number of alkyl halides is 3. The number of urea groups is 1. The molecule has 1 unspecified atom stereocenters. The predicted molar refractivity (Wildman–Crippen MR) is 117 cm³/mol. The number of anilines is 1. The van der Waals surface area contributed by atoms with Crippen molar-refractivity contribution in [3.8, 4) is 0 Å². The molecule has 1 fully saturated rings. The van der Waals surface area contributed by atoms with Gasteiger partial charge in [-0.1, -0.05) is 12.1 Å². The molecular weight excluding hydrogens is 471 g/mol. The fourth-order valence-corrected chi connectivity index (χ4v) is 4.33. The molecule has 1 saturated heterocycles. The average Bonchev–Trinajstić information content (AvgIpc) is 3.05. The first-order valence-corrected chi connectivity index (χ1v) is 10.5. The summed E-state index contributed by atoms with van der Waals surface area (Å²) in [6.07, 6.45) is -4.65. The van der Waals surface area contributed by atoms with Crippen molar-refractivity contribution in [2.75, 3.05) is 11.4 Å². The van der Waals surface area contributed by atoms with Crippen LogP contribution in [0.1, 0.15) is 29.7 Å². The van der Waals surface area contributed by atoms with Crippen LogP contribution in [0.25, 0.3) is 11.1 Å². The van der Waals surface area contributed by atoms with E-state index >= 15 is 0 Å². The van der Waals surface area contributed by atoms with E-state index in [1.807, 2.05) is 0 Å². The Bertz CT molecular complexity index is 1420. The number of aryl methyl sites for hydroxylation is 1. The predicted octanol–water partition coefficient (Wildman–Crippen LogP) is 3.69. The summed E-state index contributed by atoms with van der Waals surface area (Å²) >= 11 is 0. The summed E-state index contributed by atoms with van der Waals surface area (Å²) in [5.74, 6) is -4.82. The van der Waals surface area contributed by atoms with Crippen molar-refractivity contribution in [1.82, 2.24) is 9.47 Å². The van der Waals surface area contributed by atoms with Gasteiger partial charge in [-0.2, -0.15) is 13.2 Å². The number of benzene rings is 2. The molecule has 1 aromatic heterocycles. The van der Waals surface area contributed by atoms with Crippen molar-refractivity contribution in [2.24, 2.45) is 13.0 Å². The molecule has 9 nitrogen and oxygen atoms in total. The molecule has 4 rings (SSSR count). The lowest BCUT2D eigenvalue weighted by atomic mass is 9.94. The van der Waals surface area contributed by atoms with Crippen LogP contribution in [-0.2, 0) is 22.8 Å². The van der Waals surface area contributed by atoms with Gasteiger partial charge in [0.05, 0.1) is 23.7 Å². The van der Waals surface area contributed by atoms with Crippen molar-refractivity contribution < 1.29 is 37.1 Å². The van der Waals surface area contributed by atoms with Crippen LogP contribution in [0.4, 0.5) is 23.7 Å². The fourth-order valence-electron chi connectivity index (χ4n) is 4.33. The number of hydrogen-bond acceptors (Lipinski definition) is 5. The van der Waals surface area contributed by atoms with Gasteiger partial charge in [0.15, 0.2) is 11.5 Å². The number of nitrogens with zero attached hydrogens (tertiary/aromatic N) is 3. The number of hydrogen-bond donors (Lipinski definition) is 1. The summed E-state index contributed by atoms with van der Waals surface area (Å²) in [5, 5.41) is 9.65. The van der Waals surface area contributed by atoms with Crippen molar-refractivity contribution in [3.63, 3.8) is 0 Å². The number of carboxylic acids is 1. The number of carboxylic acid groups (broad SMARTS) is 1. The highest BCUT2D eigenvalue weighted by Gasteiger charge is 2.46. The van der Waals surface area contributed by atoms with Gasteiger partial charge in [-0.05, 0) is 43.2 Å². The molecular formula is C23H20F3N3O6. The summed E-state index contributed by atoms with van der Waals surface area (Å²) < 4.78 is 46.7. The molecule has 3 amide bonds. The highest BCUT2D eigenvalue weighted by molar-refractivity contribution is 6.12. The molecule has 1 N–H and O–H groups in total. The van der Waals surface area contributed by atoms with Gasteiger partial charge in [0.1, 0.15) is 0 Å². The molecule has 2 heterocycles. The van der Waals surface area contributed by atoms with Gasteiger partial charge in [0.2, 0.25) is 5.91 Å². The van der Waals surface area contributed by atoms with Crippen molar-refractivity contribution >= 4 is 34.7 Å². The number of imide groups is 1. The van der Waals surface area contributed by atoms with Gasteiger partial charge in [-0.25, -0.2) is 9.59 Å². The zero-order valence-electron chi connectivity index (χ0n) is 18.8. The molecule has 35 heavy (non-hydrogen) atoms. The molecule has 0 radical (unpaired) electrons. The molecule has 2 aromatic carbocycles. The first-order valence-electron chi connectivity index (χ1n) is 10.5. The van der Waals surface area contributed by atoms with Crippen molar-refractivity contribution in [3.05, 3.63) is 63.6 Å². The maximum absolute atomic E-state index is 13.4. The Hall–Kier alpha value is -4.09. The molecule has 184 valence electrons. The molecule has 1 aliphatic heterocycles. The quantitative estimate of drug-likeness (QED) is 0.557. The third-order valence-electron chi connectivity index (χ3n) is 6.24. The third-order valence-corrected chi connectivity index (χ3v) is 6.24. The van der Waals surface area contributed by atoms with Crippen molar-refractivity contribution in [2.45, 2.75) is 26.1 Å². The van der Waals surface area contributed by atoms with Crippen LogP contribution in [0, 0.1) is 12.8 Å². The summed E-state index contributed by atoms with van der Waals surface area (Å²) in [4.78, 5) is 51.8. The lowest BCUT2D eigenvalue weighted by Gasteiger charge is -2.40. The van der Waals surface area contributed by atoms with Crippen LogP contribution in [0.2, 0.25) is 0 Å². The van der Waals surface area contributed by atoms with E-state index in [0.29, 0.717) is 10.4 Å². The first-order chi connectivity index (χ1) is 16.3. The van der Waals surface area contributed by atoms with E-state index in [0.717, 1.165) is 11.0 Å². The Morgan fingerprint density at radius 1 is 1.17 bits per heavy atom. The lowest BCUT2D eigenvalue weighted by Crippen LogP contribution is -2.59. The third kappa shape index (κ3) is 3.94. The number of rotatable bonds is 4. The Kier molecular flexibility index (Phi) is 5.70. The van der Waals surface area contributed by atoms with Crippen LogP contribution >= 0.6 is 0 Å². The van der Waals surface area contributed by atoms with Crippen LogP contribution in [0.5, 0.6) is 0 Å². The molecule has 0 bridgehead atoms. The van der Waals surface area contributed by atoms with Gasteiger partial charge < -0.3 is 9.52 Å². The Morgan fingerprint density at radius 2 is 1.86 bits per heavy atom. The van der Waals surface area contributed by atoms with Gasteiger partial charge in [0, 0.05) is 18.8 Å². The Labute approximate surface area is 195 Å². The molecule has 0 saturated carbocycles. The minimum Gasteiger partial charge on any atom is -0.481 e. The normalized spacial score (nSPS) is 17.8. The van der Waals surface area contributed by atoms with Crippen LogP contribution in [0.15, 0.2) is 45.6 Å². The van der Waals surface area contributed by atoms with Gasteiger partial charge in [-0.15, -0.1) is 0 Å². The Balaban J connectivity index is 1.80. The summed E-state index contributed by atoms with van der Waals surface area (Å²) in [7, 11) is 1.49. The van der Waals surface area contributed by atoms with Gasteiger partial charge in [0.25, 0.3) is 0 Å². The monoisotopic (exact) mass is 491 g/mol. The number of carbonyl (C=O) groups excluding carboxylic acids is 2. The topological polar surface area (TPSA) is 113 Å². The van der Waals surface area contributed by atoms with E-state index in [1.165, 1.54) is 55.8 Å². The number of aliphatic carboxylic acids is 1. The number of fused-ring (bicyclic) bond motifs is 1. The molecule has 0 aliphatic carbocycles. The molecule has 0 spiro atoms. The van der Waals surface area contributed by atoms with Gasteiger partial charge >= 0.3 is 23.9 Å². The fraction of sp³-hybridized carbons (Fsp3) is 0.304. The van der Waals surface area contributed by atoms with Crippen molar-refractivity contribution in [1.29, 1.82) is 0 Å². The second-order valence-corrected chi connectivity index (χ2v) is 8.26. The number of amides is 3. The van der Waals surface area contributed by atoms with E-state index in [9.17, 15) is 37.5 Å². The number of halogens is 3.